The lowest BCUT2D eigenvalue weighted by atomic mass is 9.90. The number of carboxylic acids is 1. The first-order chi connectivity index (χ1) is 10.2. The maximum absolute atomic E-state index is 12.2. The van der Waals surface area contributed by atoms with Crippen LogP contribution in [0.4, 0.5) is 0 Å². The summed E-state index contributed by atoms with van der Waals surface area (Å²) in [5.74, 6) is -4.34. The summed E-state index contributed by atoms with van der Waals surface area (Å²) in [6.07, 6.45) is -0.464. The molecule has 6 heteroatoms. The minimum absolute atomic E-state index is 0.158. The molecule has 1 N–H and O–H groups in total. The quantitative estimate of drug-likeness (QED) is 0.722. The van der Waals surface area contributed by atoms with Crippen molar-refractivity contribution in [2.24, 2.45) is 22.7 Å². The number of carbonyl (C=O) groups is 3. The lowest BCUT2D eigenvalue weighted by Gasteiger charge is -2.25. The normalized spacial score (nSPS) is 14.7. The number of aliphatic carboxylic acids is 1. The van der Waals surface area contributed by atoms with Crippen molar-refractivity contribution in [2.45, 2.75) is 54.9 Å². The molecule has 0 saturated heterocycles. The second kappa shape index (κ2) is 8.31. The number of hydrogen-bond donors (Lipinski definition) is 1. The van der Waals surface area contributed by atoms with E-state index in [1.54, 1.807) is 0 Å². The van der Waals surface area contributed by atoms with Gasteiger partial charge in [0, 0.05) is 0 Å². The zero-order valence-corrected chi connectivity index (χ0v) is 15.3. The molecule has 0 radical (unpaired) electrons. The topological polar surface area (TPSA) is 89.9 Å². The first kappa shape index (κ1) is 21.4. The zero-order valence-electron chi connectivity index (χ0n) is 15.3. The molecule has 0 spiro atoms. The molecule has 0 aliphatic rings. The van der Waals surface area contributed by atoms with Gasteiger partial charge in [0.05, 0.1) is 31.5 Å². The molecule has 0 rings (SSSR count). The lowest BCUT2D eigenvalue weighted by Crippen LogP contribution is -2.34. The fourth-order valence-electron chi connectivity index (χ4n) is 1.63. The van der Waals surface area contributed by atoms with Gasteiger partial charge in [0.25, 0.3) is 0 Å². The van der Waals surface area contributed by atoms with Crippen LogP contribution in [-0.4, -0.2) is 36.2 Å². The summed E-state index contributed by atoms with van der Waals surface area (Å²) >= 11 is 0. The highest BCUT2D eigenvalue weighted by Crippen LogP contribution is 2.23. The molecule has 0 aromatic rings. The van der Waals surface area contributed by atoms with Gasteiger partial charge in [-0.15, -0.1) is 0 Å². The Bertz CT molecular complexity index is 427. The molecule has 0 aliphatic heterocycles. The Labute approximate surface area is 138 Å². The Morgan fingerprint density at radius 1 is 0.870 bits per heavy atom. The summed E-state index contributed by atoms with van der Waals surface area (Å²) in [6, 6.07) is 0. The summed E-state index contributed by atoms with van der Waals surface area (Å²) in [4.78, 5) is 35.3. The number of rotatable bonds is 7. The Kier molecular flexibility index (Phi) is 7.74. The molecule has 0 aromatic heterocycles. The standard InChI is InChI=1S/C17H30O6/c1-11(14(20)22-9-16(2,3)4)12(8-13(18)19)15(21)23-10-17(5,6)7/h11-12H,8-10H2,1-7H3,(H,18,19). The third-order valence-electron chi connectivity index (χ3n) is 2.97. The first-order valence-corrected chi connectivity index (χ1v) is 7.78. The molecule has 0 aliphatic carbocycles. The second-order valence-corrected chi connectivity index (χ2v) is 8.33. The van der Waals surface area contributed by atoms with Gasteiger partial charge in [0.2, 0.25) is 0 Å². The molecule has 0 amide bonds. The Morgan fingerprint density at radius 2 is 1.26 bits per heavy atom. The van der Waals surface area contributed by atoms with Crippen molar-refractivity contribution < 1.29 is 29.0 Å². The van der Waals surface area contributed by atoms with E-state index >= 15 is 0 Å². The van der Waals surface area contributed by atoms with E-state index in [2.05, 4.69) is 0 Å². The highest BCUT2D eigenvalue weighted by molar-refractivity contribution is 5.85. The average molecular weight is 330 g/mol. The van der Waals surface area contributed by atoms with Crippen LogP contribution in [0.2, 0.25) is 0 Å². The van der Waals surface area contributed by atoms with Gasteiger partial charge < -0.3 is 14.6 Å². The first-order valence-electron chi connectivity index (χ1n) is 7.78. The zero-order chi connectivity index (χ0) is 18.4. The predicted molar refractivity (Wildman–Crippen MR) is 85.7 cm³/mol. The number of hydrogen-bond acceptors (Lipinski definition) is 5. The van der Waals surface area contributed by atoms with Crippen LogP contribution in [0.5, 0.6) is 0 Å². The van der Waals surface area contributed by atoms with Gasteiger partial charge in [-0.3, -0.25) is 14.4 Å². The fraction of sp³-hybridized carbons (Fsp3) is 0.824. The fourth-order valence-corrected chi connectivity index (χ4v) is 1.63. The van der Waals surface area contributed by atoms with Crippen molar-refractivity contribution in [1.82, 2.24) is 0 Å². The lowest BCUT2D eigenvalue weighted by molar-refractivity contribution is -0.165. The second-order valence-electron chi connectivity index (χ2n) is 8.33. The molecule has 0 heterocycles. The average Bonchev–Trinajstić information content (AvgIpc) is 2.36. The van der Waals surface area contributed by atoms with Gasteiger partial charge >= 0.3 is 17.9 Å². The van der Waals surface area contributed by atoms with Gasteiger partial charge in [0.15, 0.2) is 0 Å². The molecule has 134 valence electrons. The molecule has 0 saturated carbocycles. The van der Waals surface area contributed by atoms with Crippen LogP contribution < -0.4 is 0 Å². The van der Waals surface area contributed by atoms with E-state index in [-0.39, 0.29) is 24.0 Å². The molecule has 0 bridgehead atoms. The number of carbonyl (C=O) groups excluding carboxylic acids is 2. The van der Waals surface area contributed by atoms with Crippen LogP contribution in [0.25, 0.3) is 0 Å². The minimum Gasteiger partial charge on any atom is -0.481 e. The maximum Gasteiger partial charge on any atom is 0.310 e. The molecule has 6 nitrogen and oxygen atoms in total. The van der Waals surface area contributed by atoms with Crippen LogP contribution in [0, 0.1) is 22.7 Å². The molecular formula is C17H30O6. The van der Waals surface area contributed by atoms with Gasteiger partial charge in [0.1, 0.15) is 0 Å². The number of carboxylic acid groups (broad SMARTS) is 1. The molecule has 0 fully saturated rings. The highest BCUT2D eigenvalue weighted by Gasteiger charge is 2.35. The van der Waals surface area contributed by atoms with Crippen molar-refractivity contribution in [3.63, 3.8) is 0 Å². The summed E-state index contributed by atoms with van der Waals surface area (Å²) in [6.45, 7) is 13.3. The van der Waals surface area contributed by atoms with Crippen molar-refractivity contribution in [3.05, 3.63) is 0 Å². The van der Waals surface area contributed by atoms with E-state index < -0.39 is 36.2 Å². The molecule has 2 unspecified atom stereocenters. The van der Waals surface area contributed by atoms with Crippen LogP contribution in [0.15, 0.2) is 0 Å². The Balaban J connectivity index is 4.90. The van der Waals surface area contributed by atoms with E-state index in [9.17, 15) is 14.4 Å². The molecule has 23 heavy (non-hydrogen) atoms. The number of esters is 2. The SMILES string of the molecule is CC(C(=O)OCC(C)(C)C)C(CC(=O)O)C(=O)OCC(C)(C)C. The van der Waals surface area contributed by atoms with Gasteiger partial charge in [-0.1, -0.05) is 48.5 Å². The largest absolute Gasteiger partial charge is 0.481 e. The smallest absolute Gasteiger partial charge is 0.310 e. The van der Waals surface area contributed by atoms with Crippen LogP contribution in [0.1, 0.15) is 54.9 Å². The van der Waals surface area contributed by atoms with E-state index in [0.717, 1.165) is 0 Å². The van der Waals surface area contributed by atoms with Crippen LogP contribution in [0.3, 0.4) is 0 Å². The monoisotopic (exact) mass is 330 g/mol. The summed E-state index contributed by atoms with van der Waals surface area (Å²) in [7, 11) is 0. The van der Waals surface area contributed by atoms with Crippen LogP contribution in [-0.2, 0) is 23.9 Å². The van der Waals surface area contributed by atoms with E-state index in [1.165, 1.54) is 6.92 Å². The summed E-state index contributed by atoms with van der Waals surface area (Å²) < 4.78 is 10.4. The van der Waals surface area contributed by atoms with Crippen LogP contribution >= 0.6 is 0 Å². The minimum atomic E-state index is -1.15. The van der Waals surface area contributed by atoms with Crippen molar-refractivity contribution >= 4 is 17.9 Å². The van der Waals surface area contributed by atoms with Crippen molar-refractivity contribution in [1.29, 1.82) is 0 Å². The summed E-state index contributed by atoms with van der Waals surface area (Å²) in [5, 5.41) is 8.99. The van der Waals surface area contributed by atoms with Crippen molar-refractivity contribution in [3.8, 4) is 0 Å². The van der Waals surface area contributed by atoms with Crippen molar-refractivity contribution in [2.75, 3.05) is 13.2 Å². The van der Waals surface area contributed by atoms with Gasteiger partial charge in [-0.2, -0.15) is 0 Å². The van der Waals surface area contributed by atoms with E-state index in [4.69, 9.17) is 14.6 Å². The van der Waals surface area contributed by atoms with Gasteiger partial charge in [-0.25, -0.2) is 0 Å². The molecule has 2 atom stereocenters. The third-order valence-corrected chi connectivity index (χ3v) is 2.97. The van der Waals surface area contributed by atoms with E-state index in [1.807, 2.05) is 41.5 Å². The van der Waals surface area contributed by atoms with E-state index in [0.29, 0.717) is 0 Å². The molecular weight excluding hydrogens is 300 g/mol. The molecule has 0 aromatic carbocycles. The summed E-state index contributed by atoms with van der Waals surface area (Å²) in [5.41, 5.74) is -0.441. The predicted octanol–water partition coefficient (Wildman–Crippen LogP) is 2.89. The Morgan fingerprint density at radius 3 is 1.61 bits per heavy atom. The highest BCUT2D eigenvalue weighted by atomic mass is 16.5. The third kappa shape index (κ3) is 9.92. The maximum atomic E-state index is 12.2. The van der Waals surface area contributed by atoms with Gasteiger partial charge in [-0.05, 0) is 10.8 Å². The Hall–Kier alpha value is -1.59. The number of ether oxygens (including phenoxy) is 2.